The van der Waals surface area contributed by atoms with Gasteiger partial charge in [-0.2, -0.15) is 0 Å². The number of fused-ring (bicyclic) bond motifs is 1. The van der Waals surface area contributed by atoms with Crippen LogP contribution >= 0.6 is 0 Å². The van der Waals surface area contributed by atoms with Crippen molar-refractivity contribution in [1.82, 2.24) is 4.57 Å². The number of nitrogens with zero attached hydrogens (tertiary/aromatic N) is 1. The van der Waals surface area contributed by atoms with Gasteiger partial charge in [0, 0.05) is 23.6 Å². The highest BCUT2D eigenvalue weighted by Gasteiger charge is 2.26. The Labute approximate surface area is 152 Å². The lowest BCUT2D eigenvalue weighted by Gasteiger charge is -2.27. The second-order valence-electron chi connectivity index (χ2n) is 9.11. The van der Waals surface area contributed by atoms with Crippen molar-refractivity contribution in [2.45, 2.75) is 73.3 Å². The Morgan fingerprint density at radius 1 is 1.08 bits per heavy atom. The molecule has 1 aromatic carbocycles. The maximum absolute atomic E-state index is 13.4. The molecule has 0 saturated carbocycles. The normalized spacial score (nSPS) is 12.6. The largest absolute Gasteiger partial charge is 0.497 e. The minimum Gasteiger partial charge on any atom is -0.497 e. The van der Waals surface area contributed by atoms with Gasteiger partial charge in [0.1, 0.15) is 5.75 Å². The summed E-state index contributed by atoms with van der Waals surface area (Å²) < 4.78 is 7.38. The molecule has 3 heteroatoms. The molecule has 0 aliphatic rings. The first-order chi connectivity index (χ1) is 11.5. The summed E-state index contributed by atoms with van der Waals surface area (Å²) in [6.45, 7) is 15.9. The first kappa shape index (κ1) is 19.6. The van der Waals surface area contributed by atoms with Crippen LogP contribution in [0.15, 0.2) is 23.0 Å². The quantitative estimate of drug-likeness (QED) is 0.753. The molecule has 1 heterocycles. The highest BCUT2D eigenvalue weighted by Crippen LogP contribution is 2.31. The van der Waals surface area contributed by atoms with Crippen LogP contribution in [0.1, 0.15) is 66.0 Å². The van der Waals surface area contributed by atoms with Crippen molar-refractivity contribution in [1.29, 1.82) is 0 Å². The SMILES string of the molecule is CCc1c(C(C)(C)C)c(=O)n(CCC(C)(C)C)c2cc(OC)ccc12. The fourth-order valence-corrected chi connectivity index (χ4v) is 3.43. The lowest BCUT2D eigenvalue weighted by atomic mass is 9.82. The molecule has 0 aliphatic carbocycles. The van der Waals surface area contributed by atoms with Crippen LogP contribution in [0, 0.1) is 5.41 Å². The molecule has 3 nitrogen and oxygen atoms in total. The number of methoxy groups -OCH3 is 1. The number of hydrogen-bond donors (Lipinski definition) is 0. The third-order valence-electron chi connectivity index (χ3n) is 4.77. The molecule has 0 saturated heterocycles. The minimum atomic E-state index is -0.181. The molecule has 0 bridgehead atoms. The fraction of sp³-hybridized carbons (Fsp3) is 0.591. The molecule has 0 unspecified atom stereocenters. The van der Waals surface area contributed by atoms with Gasteiger partial charge in [0.05, 0.1) is 12.6 Å². The second-order valence-corrected chi connectivity index (χ2v) is 9.11. The predicted octanol–water partition coefficient (Wildman–Crippen LogP) is 5.31. The maximum Gasteiger partial charge on any atom is 0.255 e. The third-order valence-corrected chi connectivity index (χ3v) is 4.77. The van der Waals surface area contributed by atoms with Crippen molar-refractivity contribution in [3.05, 3.63) is 39.7 Å². The van der Waals surface area contributed by atoms with Crippen molar-refractivity contribution in [3.8, 4) is 5.75 Å². The molecule has 2 rings (SSSR count). The number of aromatic nitrogens is 1. The van der Waals surface area contributed by atoms with E-state index < -0.39 is 0 Å². The standard InChI is InChI=1S/C22H33NO2/c1-9-16-17-11-10-15(25-8)14-18(17)23(13-12-21(2,3)4)20(24)19(16)22(5,6)7/h10-11,14H,9,12-13H2,1-8H3. The van der Waals surface area contributed by atoms with E-state index in [1.54, 1.807) is 7.11 Å². The van der Waals surface area contributed by atoms with Crippen LogP contribution in [-0.4, -0.2) is 11.7 Å². The molecule has 0 N–H and O–H groups in total. The van der Waals surface area contributed by atoms with E-state index in [-0.39, 0.29) is 16.4 Å². The Kier molecular flexibility index (Phi) is 5.36. The van der Waals surface area contributed by atoms with E-state index in [4.69, 9.17) is 4.74 Å². The Hall–Kier alpha value is -1.77. The van der Waals surface area contributed by atoms with Crippen LogP contribution in [0.25, 0.3) is 10.9 Å². The monoisotopic (exact) mass is 343 g/mol. The number of rotatable bonds is 4. The molecule has 0 radical (unpaired) electrons. The molecule has 138 valence electrons. The number of ether oxygens (including phenoxy) is 1. The topological polar surface area (TPSA) is 31.2 Å². The highest BCUT2D eigenvalue weighted by molar-refractivity contribution is 5.85. The van der Waals surface area contributed by atoms with Gasteiger partial charge in [-0.3, -0.25) is 4.79 Å². The van der Waals surface area contributed by atoms with E-state index in [0.29, 0.717) is 0 Å². The zero-order valence-corrected chi connectivity index (χ0v) is 17.1. The molecule has 1 aromatic heterocycles. The average molecular weight is 344 g/mol. The molecular weight excluding hydrogens is 310 g/mol. The van der Waals surface area contributed by atoms with E-state index in [1.807, 2.05) is 16.7 Å². The van der Waals surface area contributed by atoms with Crippen molar-refractivity contribution in [2.75, 3.05) is 7.11 Å². The smallest absolute Gasteiger partial charge is 0.255 e. The molecule has 2 aromatic rings. The highest BCUT2D eigenvalue weighted by atomic mass is 16.5. The number of hydrogen-bond acceptors (Lipinski definition) is 2. The van der Waals surface area contributed by atoms with E-state index >= 15 is 0 Å². The van der Waals surface area contributed by atoms with Crippen LogP contribution in [0.3, 0.4) is 0 Å². The second kappa shape index (κ2) is 6.86. The molecule has 0 fully saturated rings. The molecule has 0 aliphatic heterocycles. The summed E-state index contributed by atoms with van der Waals surface area (Å²) in [5.41, 5.74) is 3.24. The lowest BCUT2D eigenvalue weighted by molar-refractivity contribution is 0.349. The third kappa shape index (κ3) is 4.08. The first-order valence-electron chi connectivity index (χ1n) is 9.23. The van der Waals surface area contributed by atoms with Gasteiger partial charge >= 0.3 is 0 Å². The van der Waals surface area contributed by atoms with Gasteiger partial charge in [-0.1, -0.05) is 48.5 Å². The lowest BCUT2D eigenvalue weighted by Crippen LogP contribution is -2.33. The van der Waals surface area contributed by atoms with Gasteiger partial charge in [0.25, 0.3) is 5.56 Å². The summed E-state index contributed by atoms with van der Waals surface area (Å²) in [5.74, 6) is 0.793. The zero-order valence-electron chi connectivity index (χ0n) is 17.1. The number of aryl methyl sites for hydroxylation is 2. The van der Waals surface area contributed by atoms with Gasteiger partial charge in [0.15, 0.2) is 0 Å². The van der Waals surface area contributed by atoms with Crippen molar-refractivity contribution >= 4 is 10.9 Å². The van der Waals surface area contributed by atoms with Crippen molar-refractivity contribution < 1.29 is 4.74 Å². The van der Waals surface area contributed by atoms with Crippen LogP contribution in [0.4, 0.5) is 0 Å². The van der Waals surface area contributed by atoms with Gasteiger partial charge in [-0.15, -0.1) is 0 Å². The van der Waals surface area contributed by atoms with Crippen molar-refractivity contribution in [2.24, 2.45) is 5.41 Å². The van der Waals surface area contributed by atoms with E-state index in [1.165, 1.54) is 10.9 Å². The summed E-state index contributed by atoms with van der Waals surface area (Å²) in [6.07, 6.45) is 1.80. The molecule has 0 atom stereocenters. The Morgan fingerprint density at radius 2 is 1.72 bits per heavy atom. The Balaban J connectivity index is 2.87. The van der Waals surface area contributed by atoms with E-state index in [0.717, 1.165) is 36.2 Å². The molecular formula is C22H33NO2. The van der Waals surface area contributed by atoms with Gasteiger partial charge in [-0.25, -0.2) is 0 Å². The van der Waals surface area contributed by atoms with Gasteiger partial charge < -0.3 is 9.30 Å². The maximum atomic E-state index is 13.4. The minimum absolute atomic E-state index is 0.148. The van der Waals surface area contributed by atoms with Crippen LogP contribution in [0.2, 0.25) is 0 Å². The van der Waals surface area contributed by atoms with Crippen molar-refractivity contribution in [3.63, 3.8) is 0 Å². The van der Waals surface area contributed by atoms with Crippen LogP contribution in [-0.2, 0) is 18.4 Å². The Morgan fingerprint density at radius 3 is 2.20 bits per heavy atom. The Bertz CT molecular complexity index is 817. The van der Waals surface area contributed by atoms with Gasteiger partial charge in [0.2, 0.25) is 0 Å². The first-order valence-corrected chi connectivity index (χ1v) is 9.23. The average Bonchev–Trinajstić information content (AvgIpc) is 2.50. The predicted molar refractivity (Wildman–Crippen MR) is 107 cm³/mol. The molecule has 25 heavy (non-hydrogen) atoms. The summed E-state index contributed by atoms with van der Waals surface area (Å²) in [4.78, 5) is 13.4. The number of pyridine rings is 1. The zero-order chi connectivity index (χ0) is 19.0. The molecule has 0 spiro atoms. The van der Waals surface area contributed by atoms with E-state index in [9.17, 15) is 4.79 Å². The van der Waals surface area contributed by atoms with Gasteiger partial charge in [-0.05, 0) is 41.4 Å². The fourth-order valence-electron chi connectivity index (χ4n) is 3.43. The van der Waals surface area contributed by atoms with E-state index in [2.05, 4.69) is 54.5 Å². The summed E-state index contributed by atoms with van der Waals surface area (Å²) in [5, 5.41) is 1.17. The number of benzene rings is 1. The summed E-state index contributed by atoms with van der Waals surface area (Å²) in [7, 11) is 1.67. The van der Waals surface area contributed by atoms with Crippen LogP contribution in [0.5, 0.6) is 5.75 Å². The summed E-state index contributed by atoms with van der Waals surface area (Å²) in [6, 6.07) is 6.10. The van der Waals surface area contributed by atoms with Crippen LogP contribution < -0.4 is 10.3 Å². The molecule has 0 amide bonds. The summed E-state index contributed by atoms with van der Waals surface area (Å²) >= 11 is 0.